The Morgan fingerprint density at radius 1 is 1.11 bits per heavy atom. The standard InChI is InChI=1S/C17H20ClN/c1-2-14-11-12-16(19-13-14)9-6-10-17(18)15-7-4-3-5-8-15/h3-5,7-8,11-13,17H,2,6,9-10H2,1H3. The van der Waals surface area contributed by atoms with Crippen molar-refractivity contribution in [3.8, 4) is 0 Å². The van der Waals surface area contributed by atoms with Crippen LogP contribution in [0.25, 0.3) is 0 Å². The quantitative estimate of drug-likeness (QED) is 0.679. The van der Waals surface area contributed by atoms with Crippen molar-refractivity contribution in [3.05, 3.63) is 65.5 Å². The van der Waals surface area contributed by atoms with E-state index in [0.717, 1.165) is 31.4 Å². The summed E-state index contributed by atoms with van der Waals surface area (Å²) in [5.41, 5.74) is 3.66. The van der Waals surface area contributed by atoms with Crippen molar-refractivity contribution in [2.24, 2.45) is 0 Å². The van der Waals surface area contributed by atoms with E-state index in [1.807, 2.05) is 24.4 Å². The first-order chi connectivity index (χ1) is 9.29. The minimum atomic E-state index is 0.108. The van der Waals surface area contributed by atoms with Crippen molar-refractivity contribution in [2.75, 3.05) is 0 Å². The van der Waals surface area contributed by atoms with E-state index < -0.39 is 0 Å². The number of benzene rings is 1. The van der Waals surface area contributed by atoms with Crippen molar-refractivity contribution < 1.29 is 0 Å². The highest BCUT2D eigenvalue weighted by Crippen LogP contribution is 2.25. The van der Waals surface area contributed by atoms with Gasteiger partial charge in [-0.05, 0) is 42.9 Å². The van der Waals surface area contributed by atoms with Gasteiger partial charge in [-0.3, -0.25) is 4.98 Å². The molecule has 0 N–H and O–H groups in total. The molecule has 0 amide bonds. The van der Waals surface area contributed by atoms with Crippen LogP contribution in [0.1, 0.15) is 42.0 Å². The number of hydrogen-bond acceptors (Lipinski definition) is 1. The average molecular weight is 274 g/mol. The van der Waals surface area contributed by atoms with Crippen LogP contribution in [0.5, 0.6) is 0 Å². The third-order valence-corrected chi connectivity index (χ3v) is 3.82. The second-order valence-corrected chi connectivity index (χ2v) is 5.31. The lowest BCUT2D eigenvalue weighted by Crippen LogP contribution is -1.95. The Hall–Kier alpha value is -1.34. The topological polar surface area (TPSA) is 12.9 Å². The second-order valence-electron chi connectivity index (χ2n) is 4.78. The van der Waals surface area contributed by atoms with Gasteiger partial charge in [-0.2, -0.15) is 0 Å². The lowest BCUT2D eigenvalue weighted by atomic mass is 10.1. The summed E-state index contributed by atoms with van der Waals surface area (Å²) in [4.78, 5) is 4.48. The number of hydrogen-bond donors (Lipinski definition) is 0. The molecule has 0 aliphatic rings. The van der Waals surface area contributed by atoms with Crippen LogP contribution in [0.4, 0.5) is 0 Å². The van der Waals surface area contributed by atoms with Gasteiger partial charge in [0.05, 0.1) is 5.38 Å². The van der Waals surface area contributed by atoms with Crippen LogP contribution in [-0.4, -0.2) is 4.98 Å². The molecule has 100 valence electrons. The van der Waals surface area contributed by atoms with Crippen LogP contribution in [0.3, 0.4) is 0 Å². The van der Waals surface area contributed by atoms with E-state index in [9.17, 15) is 0 Å². The summed E-state index contributed by atoms with van der Waals surface area (Å²) in [6, 6.07) is 14.6. The molecule has 2 aromatic rings. The summed E-state index contributed by atoms with van der Waals surface area (Å²) in [7, 11) is 0. The van der Waals surface area contributed by atoms with Crippen LogP contribution >= 0.6 is 11.6 Å². The number of rotatable bonds is 6. The molecule has 2 heteroatoms. The van der Waals surface area contributed by atoms with E-state index in [4.69, 9.17) is 11.6 Å². The van der Waals surface area contributed by atoms with Gasteiger partial charge in [0.25, 0.3) is 0 Å². The lowest BCUT2D eigenvalue weighted by Gasteiger charge is -2.09. The first kappa shape index (κ1) is 14.1. The molecule has 0 aliphatic heterocycles. The zero-order valence-electron chi connectivity index (χ0n) is 11.3. The molecule has 0 bridgehead atoms. The van der Waals surface area contributed by atoms with Crippen molar-refractivity contribution >= 4 is 11.6 Å². The van der Waals surface area contributed by atoms with E-state index in [1.54, 1.807) is 0 Å². The van der Waals surface area contributed by atoms with Gasteiger partial charge in [-0.1, -0.05) is 43.3 Å². The molecule has 2 rings (SSSR count). The molecular weight excluding hydrogens is 254 g/mol. The highest BCUT2D eigenvalue weighted by molar-refractivity contribution is 6.20. The highest BCUT2D eigenvalue weighted by atomic mass is 35.5. The smallest absolute Gasteiger partial charge is 0.0585 e. The van der Waals surface area contributed by atoms with E-state index in [2.05, 4.69) is 36.2 Å². The average Bonchev–Trinajstić information content (AvgIpc) is 2.49. The van der Waals surface area contributed by atoms with Gasteiger partial charge in [0, 0.05) is 11.9 Å². The molecule has 0 spiro atoms. The van der Waals surface area contributed by atoms with Crippen LogP contribution in [-0.2, 0) is 12.8 Å². The second kappa shape index (κ2) is 7.30. The first-order valence-corrected chi connectivity index (χ1v) is 7.36. The van der Waals surface area contributed by atoms with Gasteiger partial charge in [-0.15, -0.1) is 11.6 Å². The molecule has 1 nitrogen and oxygen atoms in total. The summed E-state index contributed by atoms with van der Waals surface area (Å²) >= 11 is 6.40. The third kappa shape index (κ3) is 4.36. The molecule has 0 aliphatic carbocycles. The van der Waals surface area contributed by atoms with Gasteiger partial charge in [0.1, 0.15) is 0 Å². The molecule has 0 radical (unpaired) electrons. The zero-order valence-corrected chi connectivity index (χ0v) is 12.1. The van der Waals surface area contributed by atoms with Crippen LogP contribution < -0.4 is 0 Å². The van der Waals surface area contributed by atoms with Gasteiger partial charge in [-0.25, -0.2) is 0 Å². The van der Waals surface area contributed by atoms with E-state index in [0.29, 0.717) is 0 Å². The molecular formula is C17H20ClN. The number of halogens is 1. The van der Waals surface area contributed by atoms with Gasteiger partial charge in [0.15, 0.2) is 0 Å². The number of pyridine rings is 1. The van der Waals surface area contributed by atoms with Crippen molar-refractivity contribution in [1.29, 1.82) is 0 Å². The minimum absolute atomic E-state index is 0.108. The Morgan fingerprint density at radius 2 is 1.89 bits per heavy atom. The Bertz CT molecular complexity index is 478. The normalized spacial score (nSPS) is 12.3. The van der Waals surface area contributed by atoms with E-state index >= 15 is 0 Å². The summed E-state index contributed by atoms with van der Waals surface area (Å²) in [5.74, 6) is 0. The predicted molar refractivity (Wildman–Crippen MR) is 81.6 cm³/mol. The maximum Gasteiger partial charge on any atom is 0.0585 e. The molecule has 0 saturated heterocycles. The highest BCUT2D eigenvalue weighted by Gasteiger charge is 2.07. The minimum Gasteiger partial charge on any atom is -0.261 e. The molecule has 1 unspecified atom stereocenters. The van der Waals surface area contributed by atoms with Crippen LogP contribution in [0, 0.1) is 0 Å². The SMILES string of the molecule is CCc1ccc(CCCC(Cl)c2ccccc2)nc1. The Morgan fingerprint density at radius 3 is 2.53 bits per heavy atom. The van der Waals surface area contributed by atoms with Crippen molar-refractivity contribution in [1.82, 2.24) is 4.98 Å². The fraction of sp³-hybridized carbons (Fsp3) is 0.353. The number of aromatic nitrogens is 1. The molecule has 19 heavy (non-hydrogen) atoms. The summed E-state index contributed by atoms with van der Waals surface area (Å²) in [6.45, 7) is 2.15. The Balaban J connectivity index is 1.79. The monoisotopic (exact) mass is 273 g/mol. The summed E-state index contributed by atoms with van der Waals surface area (Å²) in [6.07, 6.45) is 6.08. The predicted octanol–water partition coefficient (Wildman–Crippen LogP) is 4.95. The van der Waals surface area contributed by atoms with E-state index in [1.165, 1.54) is 11.1 Å². The molecule has 1 heterocycles. The molecule has 1 aromatic heterocycles. The first-order valence-electron chi connectivity index (χ1n) is 6.92. The maximum atomic E-state index is 6.40. The van der Waals surface area contributed by atoms with Gasteiger partial charge >= 0.3 is 0 Å². The maximum absolute atomic E-state index is 6.40. The number of nitrogens with zero attached hydrogens (tertiary/aromatic N) is 1. The van der Waals surface area contributed by atoms with E-state index in [-0.39, 0.29) is 5.38 Å². The molecule has 0 saturated carbocycles. The van der Waals surface area contributed by atoms with Crippen molar-refractivity contribution in [3.63, 3.8) is 0 Å². The van der Waals surface area contributed by atoms with Gasteiger partial charge < -0.3 is 0 Å². The summed E-state index contributed by atoms with van der Waals surface area (Å²) < 4.78 is 0. The number of aryl methyl sites for hydroxylation is 2. The fourth-order valence-corrected chi connectivity index (χ4v) is 2.40. The van der Waals surface area contributed by atoms with Gasteiger partial charge in [0.2, 0.25) is 0 Å². The van der Waals surface area contributed by atoms with Crippen LogP contribution in [0.2, 0.25) is 0 Å². The molecule has 1 aromatic carbocycles. The van der Waals surface area contributed by atoms with Crippen molar-refractivity contribution in [2.45, 2.75) is 38.0 Å². The Kier molecular flexibility index (Phi) is 5.41. The zero-order chi connectivity index (χ0) is 13.5. The Labute approximate surface area is 120 Å². The molecule has 1 atom stereocenters. The fourth-order valence-electron chi connectivity index (χ4n) is 2.10. The van der Waals surface area contributed by atoms with Crippen LogP contribution in [0.15, 0.2) is 48.7 Å². The number of alkyl halides is 1. The summed E-state index contributed by atoms with van der Waals surface area (Å²) in [5, 5.41) is 0.108. The lowest BCUT2D eigenvalue weighted by molar-refractivity contribution is 0.705. The molecule has 0 fully saturated rings. The largest absolute Gasteiger partial charge is 0.261 e. The third-order valence-electron chi connectivity index (χ3n) is 3.35.